The van der Waals surface area contributed by atoms with Gasteiger partial charge >= 0.3 is 0 Å². The van der Waals surface area contributed by atoms with E-state index >= 15 is 0 Å². The third-order valence-corrected chi connectivity index (χ3v) is 3.51. The summed E-state index contributed by atoms with van der Waals surface area (Å²) < 4.78 is 5.56. The number of thiocarbonyl (C=S) groups is 1. The zero-order chi connectivity index (χ0) is 17.4. The Balaban J connectivity index is 1.86. The van der Waals surface area contributed by atoms with Crippen LogP contribution in [0.1, 0.15) is 30.1 Å². The molecule has 2 rings (SSSR count). The van der Waals surface area contributed by atoms with Crippen molar-refractivity contribution in [1.82, 2.24) is 10.3 Å². The summed E-state index contributed by atoms with van der Waals surface area (Å²) in [5.41, 5.74) is 0.492. The van der Waals surface area contributed by atoms with Gasteiger partial charge in [0.25, 0.3) is 5.91 Å². The molecule has 0 aliphatic heterocycles. The van der Waals surface area contributed by atoms with Crippen molar-refractivity contribution in [3.63, 3.8) is 0 Å². The number of aromatic nitrogens is 1. The topological polar surface area (TPSA) is 63.2 Å². The van der Waals surface area contributed by atoms with Crippen LogP contribution < -0.4 is 15.4 Å². The number of rotatable bonds is 6. The maximum Gasteiger partial charge on any atom is 0.257 e. The van der Waals surface area contributed by atoms with Crippen molar-refractivity contribution in [1.29, 1.82) is 0 Å². The number of nitrogens with zero attached hydrogens (tertiary/aromatic N) is 1. The average molecular weight is 364 g/mol. The van der Waals surface area contributed by atoms with Gasteiger partial charge in [0, 0.05) is 11.8 Å². The lowest BCUT2D eigenvalue weighted by Crippen LogP contribution is -2.34. The Kier molecular flexibility index (Phi) is 6.96. The van der Waals surface area contributed by atoms with E-state index in [4.69, 9.17) is 28.6 Å². The lowest BCUT2D eigenvalue weighted by molar-refractivity contribution is 0.0977. The third-order valence-electron chi connectivity index (χ3n) is 3.08. The Bertz CT molecular complexity index is 690. The molecule has 0 radical (unpaired) electrons. The molecule has 0 saturated carbocycles. The van der Waals surface area contributed by atoms with Gasteiger partial charge in [0.15, 0.2) is 5.11 Å². The second-order valence-corrected chi connectivity index (χ2v) is 5.84. The Labute approximate surface area is 151 Å². The summed E-state index contributed by atoms with van der Waals surface area (Å²) in [6, 6.07) is 10.3. The van der Waals surface area contributed by atoms with Crippen LogP contribution in [0.3, 0.4) is 0 Å². The second kappa shape index (κ2) is 9.20. The van der Waals surface area contributed by atoms with Gasteiger partial charge in [-0.2, -0.15) is 0 Å². The highest BCUT2D eigenvalue weighted by Gasteiger charge is 2.08. The molecule has 1 amide bonds. The van der Waals surface area contributed by atoms with E-state index in [0.717, 1.165) is 18.6 Å². The molecule has 0 unspecified atom stereocenters. The van der Waals surface area contributed by atoms with Crippen molar-refractivity contribution in [3.05, 3.63) is 53.2 Å². The lowest BCUT2D eigenvalue weighted by atomic mass is 10.2. The van der Waals surface area contributed by atoms with Gasteiger partial charge in [0.1, 0.15) is 11.6 Å². The van der Waals surface area contributed by atoms with Crippen molar-refractivity contribution in [3.8, 4) is 5.75 Å². The summed E-state index contributed by atoms with van der Waals surface area (Å²) in [4.78, 5) is 16.2. The van der Waals surface area contributed by atoms with Crippen molar-refractivity contribution in [2.75, 3.05) is 11.9 Å². The predicted molar refractivity (Wildman–Crippen MR) is 99.8 cm³/mol. The predicted octanol–water partition coefficient (Wildman–Crippen LogP) is 4.04. The van der Waals surface area contributed by atoms with Crippen LogP contribution in [0.25, 0.3) is 0 Å². The number of amides is 1. The van der Waals surface area contributed by atoms with E-state index in [9.17, 15) is 4.79 Å². The second-order valence-electron chi connectivity index (χ2n) is 5.00. The summed E-state index contributed by atoms with van der Waals surface area (Å²) in [7, 11) is 0. The third kappa shape index (κ3) is 5.79. The Morgan fingerprint density at radius 3 is 2.62 bits per heavy atom. The maximum atomic E-state index is 12.2. The van der Waals surface area contributed by atoms with Crippen LogP contribution in [0.4, 0.5) is 5.82 Å². The molecule has 7 heteroatoms. The summed E-state index contributed by atoms with van der Waals surface area (Å²) in [6.45, 7) is 2.78. The molecule has 0 fully saturated rings. The van der Waals surface area contributed by atoms with Gasteiger partial charge < -0.3 is 10.1 Å². The summed E-state index contributed by atoms with van der Waals surface area (Å²) in [5.74, 6) is 0.942. The number of halogens is 1. The molecule has 1 aromatic heterocycles. The molecular weight excluding hydrogens is 346 g/mol. The minimum atomic E-state index is -0.304. The first-order chi connectivity index (χ1) is 11.6. The number of carbonyl (C=O) groups is 1. The molecule has 2 aromatic rings. The molecule has 0 atom stereocenters. The molecule has 1 heterocycles. The van der Waals surface area contributed by atoms with Crippen molar-refractivity contribution in [2.45, 2.75) is 19.8 Å². The smallest absolute Gasteiger partial charge is 0.257 e. The molecule has 5 nitrogen and oxygen atoms in total. The highest BCUT2D eigenvalue weighted by Crippen LogP contribution is 2.13. The van der Waals surface area contributed by atoms with Crippen LogP contribution in [0.15, 0.2) is 42.6 Å². The van der Waals surface area contributed by atoms with Crippen molar-refractivity contribution in [2.24, 2.45) is 0 Å². The molecule has 0 bridgehead atoms. The highest BCUT2D eigenvalue weighted by molar-refractivity contribution is 7.80. The lowest BCUT2D eigenvalue weighted by Gasteiger charge is -2.09. The Hall–Kier alpha value is -2.18. The number of pyridine rings is 1. The first-order valence-electron chi connectivity index (χ1n) is 7.55. The Morgan fingerprint density at radius 2 is 2.00 bits per heavy atom. The largest absolute Gasteiger partial charge is 0.494 e. The fourth-order valence-electron chi connectivity index (χ4n) is 1.81. The number of ether oxygens (including phenoxy) is 1. The standard InChI is InChI=1S/C17H18ClN3O2S/c1-2-3-10-23-14-7-4-12(5-8-14)16(22)21-17(24)20-15-9-6-13(18)11-19-15/h4-9,11H,2-3,10H2,1H3,(H2,19,20,21,22,24). The summed E-state index contributed by atoms with van der Waals surface area (Å²) >= 11 is 10.9. The quantitative estimate of drug-likeness (QED) is 0.599. The van der Waals surface area contributed by atoms with Gasteiger partial charge in [-0.25, -0.2) is 4.98 Å². The number of hydrogen-bond donors (Lipinski definition) is 2. The van der Waals surface area contributed by atoms with Gasteiger partial charge in [-0.05, 0) is 55.0 Å². The highest BCUT2D eigenvalue weighted by atomic mass is 35.5. The molecule has 0 aliphatic carbocycles. The van der Waals surface area contributed by atoms with Gasteiger partial charge in [0.05, 0.1) is 11.6 Å². The van der Waals surface area contributed by atoms with Gasteiger partial charge in [-0.1, -0.05) is 24.9 Å². The van der Waals surface area contributed by atoms with E-state index < -0.39 is 0 Å². The number of anilines is 1. The normalized spacial score (nSPS) is 10.1. The number of nitrogens with one attached hydrogen (secondary N) is 2. The van der Waals surface area contributed by atoms with E-state index in [-0.39, 0.29) is 11.0 Å². The SMILES string of the molecule is CCCCOc1ccc(C(=O)NC(=S)Nc2ccc(Cl)cn2)cc1. The molecule has 24 heavy (non-hydrogen) atoms. The molecule has 2 N–H and O–H groups in total. The average Bonchev–Trinajstić information content (AvgIpc) is 2.58. The van der Waals surface area contributed by atoms with E-state index in [1.165, 1.54) is 6.20 Å². The van der Waals surface area contributed by atoms with Crippen LogP contribution in [0.2, 0.25) is 5.02 Å². The fourth-order valence-corrected chi connectivity index (χ4v) is 2.12. The molecule has 0 aliphatic rings. The first kappa shape index (κ1) is 18.2. The molecule has 0 saturated heterocycles. The van der Waals surface area contributed by atoms with E-state index in [1.54, 1.807) is 36.4 Å². The number of carbonyl (C=O) groups excluding carboxylic acids is 1. The molecule has 126 valence electrons. The minimum absolute atomic E-state index is 0.165. The fraction of sp³-hybridized carbons (Fsp3) is 0.235. The van der Waals surface area contributed by atoms with Crippen LogP contribution in [-0.2, 0) is 0 Å². The van der Waals surface area contributed by atoms with Gasteiger partial charge in [-0.3, -0.25) is 10.1 Å². The van der Waals surface area contributed by atoms with Gasteiger partial charge in [0.2, 0.25) is 0 Å². The zero-order valence-electron chi connectivity index (χ0n) is 13.2. The van der Waals surface area contributed by atoms with Crippen molar-refractivity contribution >= 4 is 40.7 Å². The van der Waals surface area contributed by atoms with Crippen LogP contribution in [0.5, 0.6) is 5.75 Å². The zero-order valence-corrected chi connectivity index (χ0v) is 14.8. The number of unbranched alkanes of at least 4 members (excludes halogenated alkanes) is 1. The van der Waals surface area contributed by atoms with Gasteiger partial charge in [-0.15, -0.1) is 0 Å². The molecule has 1 aromatic carbocycles. The monoisotopic (exact) mass is 363 g/mol. The van der Waals surface area contributed by atoms with Crippen LogP contribution in [-0.4, -0.2) is 22.6 Å². The number of hydrogen-bond acceptors (Lipinski definition) is 4. The van der Waals surface area contributed by atoms with Crippen LogP contribution in [0, 0.1) is 0 Å². The molecule has 0 spiro atoms. The van der Waals surface area contributed by atoms with Crippen molar-refractivity contribution < 1.29 is 9.53 Å². The maximum absolute atomic E-state index is 12.2. The van der Waals surface area contributed by atoms with E-state index in [1.807, 2.05) is 0 Å². The molecular formula is C17H18ClN3O2S. The summed E-state index contributed by atoms with van der Waals surface area (Å²) in [5, 5.41) is 6.11. The van der Waals surface area contributed by atoms with E-state index in [0.29, 0.717) is 23.0 Å². The summed E-state index contributed by atoms with van der Waals surface area (Å²) in [6.07, 6.45) is 3.57. The van der Waals surface area contributed by atoms with Crippen LogP contribution >= 0.6 is 23.8 Å². The minimum Gasteiger partial charge on any atom is -0.494 e. The Morgan fingerprint density at radius 1 is 1.25 bits per heavy atom. The van der Waals surface area contributed by atoms with E-state index in [2.05, 4.69) is 22.5 Å². The number of benzene rings is 1. The first-order valence-corrected chi connectivity index (χ1v) is 8.34.